The van der Waals surface area contributed by atoms with E-state index in [1.54, 1.807) is 0 Å². The molecule has 1 saturated heterocycles. The van der Waals surface area contributed by atoms with E-state index in [9.17, 15) is 4.79 Å². The number of hydrogen-bond acceptors (Lipinski definition) is 3. The minimum Gasteiger partial charge on any atom is -0.372 e. The maximum Gasteiger partial charge on any atom is 0.217 e. The van der Waals surface area contributed by atoms with Gasteiger partial charge < -0.3 is 15.2 Å². The molecule has 3 rings (SSSR count). The van der Waals surface area contributed by atoms with Crippen LogP contribution in [-0.4, -0.2) is 33.4 Å². The van der Waals surface area contributed by atoms with Crippen LogP contribution in [0.3, 0.4) is 0 Å². The van der Waals surface area contributed by atoms with Crippen molar-refractivity contribution in [2.24, 2.45) is 11.7 Å². The van der Waals surface area contributed by atoms with Crippen molar-refractivity contribution in [3.63, 3.8) is 0 Å². The molecule has 0 atom stereocenters. The van der Waals surface area contributed by atoms with E-state index < -0.39 is 0 Å². The predicted octanol–water partition coefficient (Wildman–Crippen LogP) is 4.19. The van der Waals surface area contributed by atoms with Gasteiger partial charge in [-0.3, -0.25) is 4.79 Å². The molecule has 0 unspecified atom stereocenters. The molecule has 1 aromatic heterocycles. The molecular weight excluding hydrogens is 324 g/mol. The number of nitrogens with zero attached hydrogens (tertiary/aromatic N) is 3. The van der Waals surface area contributed by atoms with Gasteiger partial charge in [0.05, 0.1) is 11.0 Å². The number of allylic oxidation sites excluding steroid dienone is 1. The molecule has 142 valence electrons. The molecule has 1 fully saturated rings. The lowest BCUT2D eigenvalue weighted by Gasteiger charge is -2.33. The molecule has 2 heterocycles. The summed E-state index contributed by atoms with van der Waals surface area (Å²) in [5.74, 6) is 1.17. The van der Waals surface area contributed by atoms with Crippen molar-refractivity contribution in [3.05, 3.63) is 48.4 Å². The lowest BCUT2D eigenvalue weighted by molar-refractivity contribution is -0.119. The summed E-state index contributed by atoms with van der Waals surface area (Å²) in [4.78, 5) is 17.9. The first-order chi connectivity index (χ1) is 12.5. The van der Waals surface area contributed by atoms with E-state index in [0.29, 0.717) is 12.3 Å². The van der Waals surface area contributed by atoms with Crippen molar-refractivity contribution in [2.75, 3.05) is 13.1 Å². The molecule has 0 saturated carbocycles. The second kappa shape index (κ2) is 9.22. The summed E-state index contributed by atoms with van der Waals surface area (Å²) in [6.45, 7) is 12.0. The standard InChI is InChI=1S/C19H24N4O.C2H6.H2/c1-14(22-10-8-16(9-11-22)13-19(20)24)7-12-23-15(2)21-17-5-3-4-6-18(17)23;1-2;/h3-7,12,16H,1,8-11,13H2,2H3,(H2,20,24);1-2H3;1H/b12-7-;;. The number of imidazole rings is 1. The zero-order valence-electron chi connectivity index (χ0n) is 16.1. The maximum absolute atomic E-state index is 11.0. The lowest BCUT2D eigenvalue weighted by atomic mass is 9.93. The molecule has 1 aliphatic heterocycles. The van der Waals surface area contributed by atoms with Crippen molar-refractivity contribution < 1.29 is 6.22 Å². The van der Waals surface area contributed by atoms with Crippen LogP contribution < -0.4 is 5.73 Å². The number of benzene rings is 1. The van der Waals surface area contributed by atoms with Gasteiger partial charge in [-0.1, -0.05) is 32.6 Å². The van der Waals surface area contributed by atoms with E-state index >= 15 is 0 Å². The monoisotopic (exact) mass is 356 g/mol. The zero-order valence-corrected chi connectivity index (χ0v) is 16.1. The Morgan fingerprint density at radius 3 is 2.65 bits per heavy atom. The van der Waals surface area contributed by atoms with Crippen LogP contribution in [0.1, 0.15) is 40.4 Å². The van der Waals surface area contributed by atoms with Gasteiger partial charge in [0.1, 0.15) is 5.82 Å². The highest BCUT2D eigenvalue weighted by Gasteiger charge is 2.20. The Morgan fingerprint density at radius 1 is 1.35 bits per heavy atom. The summed E-state index contributed by atoms with van der Waals surface area (Å²) in [6, 6.07) is 8.10. The highest BCUT2D eigenvalue weighted by molar-refractivity contribution is 5.78. The molecule has 1 amide bonds. The number of fused-ring (bicyclic) bond motifs is 1. The number of amides is 1. The number of para-hydroxylation sites is 2. The average molecular weight is 357 g/mol. The molecule has 5 nitrogen and oxygen atoms in total. The van der Waals surface area contributed by atoms with Gasteiger partial charge in [0.15, 0.2) is 0 Å². The Morgan fingerprint density at radius 2 is 2.00 bits per heavy atom. The summed E-state index contributed by atoms with van der Waals surface area (Å²) in [5, 5.41) is 0. The quantitative estimate of drug-likeness (QED) is 0.817. The van der Waals surface area contributed by atoms with E-state index in [1.165, 1.54) is 0 Å². The highest BCUT2D eigenvalue weighted by Crippen LogP contribution is 2.23. The van der Waals surface area contributed by atoms with Gasteiger partial charge in [0.25, 0.3) is 0 Å². The molecule has 0 radical (unpaired) electrons. The lowest BCUT2D eigenvalue weighted by Crippen LogP contribution is -2.33. The molecular formula is C21H32N4O. The Bertz CT molecular complexity index is 789. The number of nitrogens with two attached hydrogens (primary N) is 1. The number of carbonyl (C=O) groups is 1. The highest BCUT2D eigenvalue weighted by atomic mass is 16.1. The van der Waals surface area contributed by atoms with Gasteiger partial charge in [-0.15, -0.1) is 0 Å². The second-order valence-electron chi connectivity index (χ2n) is 6.43. The van der Waals surface area contributed by atoms with E-state index in [-0.39, 0.29) is 7.33 Å². The number of aryl methyl sites for hydroxylation is 1. The summed E-state index contributed by atoms with van der Waals surface area (Å²) in [6.07, 6.45) is 6.54. The molecule has 0 aliphatic carbocycles. The van der Waals surface area contributed by atoms with Crippen molar-refractivity contribution >= 4 is 23.1 Å². The van der Waals surface area contributed by atoms with Crippen LogP contribution in [-0.2, 0) is 4.79 Å². The number of piperidine rings is 1. The van der Waals surface area contributed by atoms with Crippen LogP contribution in [0.25, 0.3) is 17.2 Å². The molecule has 2 N–H and O–H groups in total. The first-order valence-corrected chi connectivity index (χ1v) is 9.38. The van der Waals surface area contributed by atoms with Crippen molar-refractivity contribution in [2.45, 2.75) is 40.0 Å². The van der Waals surface area contributed by atoms with Crippen LogP contribution in [0.4, 0.5) is 0 Å². The van der Waals surface area contributed by atoms with Crippen LogP contribution in [0.2, 0.25) is 0 Å². The summed E-state index contributed by atoms with van der Waals surface area (Å²) in [7, 11) is 0. The van der Waals surface area contributed by atoms with Gasteiger partial charge >= 0.3 is 0 Å². The molecule has 2 aromatic rings. The van der Waals surface area contributed by atoms with Gasteiger partial charge in [-0.25, -0.2) is 4.98 Å². The normalized spacial score (nSPS) is 15.1. The molecule has 0 spiro atoms. The van der Waals surface area contributed by atoms with Gasteiger partial charge in [0.2, 0.25) is 5.91 Å². The topological polar surface area (TPSA) is 64.2 Å². The third kappa shape index (κ3) is 4.75. The number of carbonyl (C=O) groups excluding carboxylic acids is 1. The van der Waals surface area contributed by atoms with E-state index in [2.05, 4.69) is 27.1 Å². The fraction of sp³-hybridized carbons (Fsp3) is 0.429. The SMILES string of the molecule is C=C(/C=C\n1c(C)nc2ccccc21)N1CCC(CC(N)=O)CC1.CC.[HH]. The summed E-state index contributed by atoms with van der Waals surface area (Å²) < 4.78 is 2.08. The number of aromatic nitrogens is 2. The minimum atomic E-state index is -0.199. The second-order valence-corrected chi connectivity index (χ2v) is 6.43. The van der Waals surface area contributed by atoms with Gasteiger partial charge in [-0.05, 0) is 43.9 Å². The Kier molecular flexibility index (Phi) is 7.01. The fourth-order valence-corrected chi connectivity index (χ4v) is 3.33. The van der Waals surface area contributed by atoms with E-state index in [1.807, 2.05) is 51.2 Å². The Balaban J connectivity index is 0.00000118. The first kappa shape index (κ1) is 19.8. The number of rotatable bonds is 5. The van der Waals surface area contributed by atoms with E-state index in [4.69, 9.17) is 5.73 Å². The number of hydrogen-bond donors (Lipinski definition) is 1. The van der Waals surface area contributed by atoms with Crippen molar-refractivity contribution in [1.29, 1.82) is 0 Å². The zero-order chi connectivity index (χ0) is 19.1. The first-order valence-electron chi connectivity index (χ1n) is 9.38. The van der Waals surface area contributed by atoms with Crippen LogP contribution >= 0.6 is 0 Å². The molecule has 5 heteroatoms. The molecule has 1 aromatic carbocycles. The minimum absolute atomic E-state index is 0. The fourth-order valence-electron chi connectivity index (χ4n) is 3.33. The predicted molar refractivity (Wildman–Crippen MR) is 111 cm³/mol. The van der Waals surface area contributed by atoms with Crippen LogP contribution in [0.5, 0.6) is 0 Å². The third-order valence-electron chi connectivity index (χ3n) is 4.70. The number of primary amides is 1. The van der Waals surface area contributed by atoms with Gasteiger partial charge in [0, 0.05) is 32.8 Å². The third-order valence-corrected chi connectivity index (χ3v) is 4.70. The smallest absolute Gasteiger partial charge is 0.217 e. The number of likely N-dealkylation sites (tertiary alicyclic amines) is 1. The van der Waals surface area contributed by atoms with Crippen LogP contribution in [0.15, 0.2) is 42.6 Å². The van der Waals surface area contributed by atoms with Crippen LogP contribution in [0, 0.1) is 12.8 Å². The molecule has 1 aliphatic rings. The summed E-state index contributed by atoms with van der Waals surface area (Å²) >= 11 is 0. The van der Waals surface area contributed by atoms with E-state index in [0.717, 1.165) is 48.5 Å². The summed E-state index contributed by atoms with van der Waals surface area (Å²) in [5.41, 5.74) is 8.37. The maximum atomic E-state index is 11.0. The Labute approximate surface area is 157 Å². The Hall–Kier alpha value is -2.56. The van der Waals surface area contributed by atoms with Crippen molar-refractivity contribution in [3.8, 4) is 0 Å². The van der Waals surface area contributed by atoms with Crippen molar-refractivity contribution in [1.82, 2.24) is 14.5 Å². The average Bonchev–Trinajstić information content (AvgIpc) is 2.96. The largest absolute Gasteiger partial charge is 0.372 e. The molecule has 26 heavy (non-hydrogen) atoms. The molecule has 0 bridgehead atoms. The van der Waals surface area contributed by atoms with Gasteiger partial charge in [-0.2, -0.15) is 0 Å².